The number of hydrogen-bond acceptors (Lipinski definition) is 3. The van der Waals surface area contributed by atoms with Crippen LogP contribution in [0.1, 0.15) is 87.5 Å². The van der Waals surface area contributed by atoms with Crippen molar-refractivity contribution in [2.75, 3.05) is 0 Å². The van der Waals surface area contributed by atoms with Crippen molar-refractivity contribution < 1.29 is 14.7 Å². The first-order chi connectivity index (χ1) is 18.3. The number of fused-ring (bicyclic) bond motifs is 1. The molecule has 1 unspecified atom stereocenters. The van der Waals surface area contributed by atoms with Crippen molar-refractivity contribution in [3.8, 4) is 0 Å². The number of benzene rings is 1. The highest BCUT2D eigenvalue weighted by molar-refractivity contribution is 6.40. The fourth-order valence-corrected chi connectivity index (χ4v) is 5.46. The molecule has 0 radical (unpaired) electrons. The number of carbonyl (C=O) groups excluding carboxylic acids is 2. The molecular formula is C35H39NO3. The number of aryl methyl sites for hydroxylation is 1. The summed E-state index contributed by atoms with van der Waals surface area (Å²) >= 11 is 0. The van der Waals surface area contributed by atoms with Crippen molar-refractivity contribution in [3.63, 3.8) is 0 Å². The number of ketones is 2. The monoisotopic (exact) mass is 521 g/mol. The summed E-state index contributed by atoms with van der Waals surface area (Å²) in [6, 6.07) is 7.78. The van der Waals surface area contributed by atoms with E-state index in [1.165, 1.54) is 6.08 Å². The van der Waals surface area contributed by atoms with Crippen LogP contribution in [0.15, 0.2) is 78.6 Å². The number of H-pyrrole nitrogens is 1. The van der Waals surface area contributed by atoms with E-state index in [4.69, 9.17) is 0 Å². The molecule has 0 bridgehead atoms. The number of allylic oxidation sites excluding steroid dienone is 8. The third-order valence-electron chi connectivity index (χ3n) is 8.49. The van der Waals surface area contributed by atoms with Gasteiger partial charge in [0.25, 0.3) is 0 Å². The third-order valence-corrected chi connectivity index (χ3v) is 8.49. The van der Waals surface area contributed by atoms with Crippen LogP contribution < -0.4 is 0 Å². The standard InChI is InChI=1S/C35H39NO3/c1-10-34(6,7)22(5)28(23-17-13-12-15-20(23)3)24-19-26(37)29(32(39)31(24)38)30-27-21(4)16-14-18-25(27)36-33(30)35(8,9)11-2/h10-15,17-19,21,36,39H,1-2,16H2,3-9H3/b28-22-. The van der Waals surface area contributed by atoms with Gasteiger partial charge in [0, 0.05) is 33.4 Å². The average molecular weight is 522 g/mol. The Hall–Kier alpha value is -3.92. The lowest BCUT2D eigenvalue weighted by molar-refractivity contribution is -0.116. The first-order valence-corrected chi connectivity index (χ1v) is 13.5. The van der Waals surface area contributed by atoms with Crippen LogP contribution in [0.2, 0.25) is 0 Å². The number of aromatic nitrogens is 1. The van der Waals surface area contributed by atoms with Crippen LogP contribution in [0.3, 0.4) is 0 Å². The Bertz CT molecular complexity index is 1530. The van der Waals surface area contributed by atoms with E-state index >= 15 is 0 Å². The van der Waals surface area contributed by atoms with Crippen LogP contribution in [-0.4, -0.2) is 21.7 Å². The van der Waals surface area contributed by atoms with Gasteiger partial charge in [-0.2, -0.15) is 0 Å². The van der Waals surface area contributed by atoms with Gasteiger partial charge >= 0.3 is 0 Å². The highest BCUT2D eigenvalue weighted by atomic mass is 16.3. The van der Waals surface area contributed by atoms with E-state index in [2.05, 4.69) is 31.1 Å². The zero-order valence-electron chi connectivity index (χ0n) is 24.2. The summed E-state index contributed by atoms with van der Waals surface area (Å²) in [7, 11) is 0. The lowest BCUT2D eigenvalue weighted by Crippen LogP contribution is -2.24. The molecule has 0 amide bonds. The van der Waals surface area contributed by atoms with Gasteiger partial charge in [-0.3, -0.25) is 9.59 Å². The van der Waals surface area contributed by atoms with Crippen LogP contribution in [0.5, 0.6) is 0 Å². The molecule has 1 heterocycles. The second-order valence-electron chi connectivity index (χ2n) is 11.9. The minimum Gasteiger partial charge on any atom is -0.504 e. The molecule has 0 saturated carbocycles. The van der Waals surface area contributed by atoms with Crippen LogP contribution in [0, 0.1) is 12.3 Å². The molecule has 0 fully saturated rings. The molecule has 1 aromatic heterocycles. The van der Waals surface area contributed by atoms with E-state index in [0.717, 1.165) is 40.1 Å². The van der Waals surface area contributed by atoms with Crippen molar-refractivity contribution >= 4 is 28.8 Å². The number of Topliss-reactive ketones (excluding diaryl/α,β-unsaturated/α-hetero) is 1. The van der Waals surface area contributed by atoms with Gasteiger partial charge in [-0.05, 0) is 60.6 Å². The average Bonchev–Trinajstić information content (AvgIpc) is 3.29. The molecule has 0 aliphatic heterocycles. The SMILES string of the molecule is C=CC(C)(C)/C(C)=C(\C1=CC(=O)C(c2c(C(C)(C)C=C)[nH]c3c2C(C)CC=C3)=C(O)C1=O)c1ccccc1C. The maximum Gasteiger partial charge on any atom is 0.228 e. The Kier molecular flexibility index (Phi) is 7.20. The lowest BCUT2D eigenvalue weighted by Gasteiger charge is -2.29. The topological polar surface area (TPSA) is 70.2 Å². The smallest absolute Gasteiger partial charge is 0.228 e. The molecule has 202 valence electrons. The van der Waals surface area contributed by atoms with E-state index in [0.29, 0.717) is 11.1 Å². The van der Waals surface area contributed by atoms with Crippen LogP contribution in [-0.2, 0) is 15.0 Å². The molecule has 4 rings (SSSR count). The van der Waals surface area contributed by atoms with Gasteiger partial charge in [0.1, 0.15) is 0 Å². The zero-order valence-corrected chi connectivity index (χ0v) is 24.2. The number of nitrogens with one attached hydrogen (secondary N) is 1. The maximum atomic E-state index is 14.1. The van der Waals surface area contributed by atoms with Crippen molar-refractivity contribution in [2.45, 2.75) is 66.2 Å². The molecule has 1 aromatic carbocycles. The summed E-state index contributed by atoms with van der Waals surface area (Å²) in [5, 5.41) is 11.6. The summed E-state index contributed by atoms with van der Waals surface area (Å²) in [4.78, 5) is 31.6. The summed E-state index contributed by atoms with van der Waals surface area (Å²) in [6.45, 7) is 22.1. The highest BCUT2D eigenvalue weighted by Crippen LogP contribution is 2.46. The van der Waals surface area contributed by atoms with Gasteiger partial charge in [-0.25, -0.2) is 0 Å². The summed E-state index contributed by atoms with van der Waals surface area (Å²) < 4.78 is 0. The van der Waals surface area contributed by atoms with Gasteiger partial charge in [-0.1, -0.05) is 82.7 Å². The molecule has 0 spiro atoms. The van der Waals surface area contributed by atoms with Crippen LogP contribution in [0.25, 0.3) is 17.2 Å². The third kappa shape index (κ3) is 4.63. The molecule has 39 heavy (non-hydrogen) atoms. The maximum absolute atomic E-state index is 14.1. The van der Waals surface area contributed by atoms with E-state index in [9.17, 15) is 14.7 Å². The molecule has 1 atom stereocenters. The van der Waals surface area contributed by atoms with Crippen molar-refractivity contribution in [2.24, 2.45) is 5.41 Å². The summed E-state index contributed by atoms with van der Waals surface area (Å²) in [5.74, 6) is -1.35. The minimum absolute atomic E-state index is 0.0538. The molecule has 0 saturated heterocycles. The van der Waals surface area contributed by atoms with Crippen molar-refractivity contribution in [1.82, 2.24) is 4.98 Å². The number of carbonyl (C=O) groups is 2. The molecule has 2 aliphatic rings. The molecular weight excluding hydrogens is 482 g/mol. The Morgan fingerprint density at radius 3 is 2.38 bits per heavy atom. The Labute approximate surface area is 232 Å². The molecule has 2 N–H and O–H groups in total. The summed E-state index contributed by atoms with van der Waals surface area (Å²) in [6.07, 6.45) is 9.98. The Morgan fingerprint density at radius 2 is 1.77 bits per heavy atom. The Morgan fingerprint density at radius 1 is 1.10 bits per heavy atom. The zero-order chi connectivity index (χ0) is 28.9. The van der Waals surface area contributed by atoms with Gasteiger partial charge in [-0.15, -0.1) is 13.2 Å². The molecule has 2 aromatic rings. The number of aromatic amines is 1. The number of aliphatic hydroxyl groups is 1. The van der Waals surface area contributed by atoms with Gasteiger partial charge in [0.2, 0.25) is 5.78 Å². The molecule has 4 heteroatoms. The fourth-order valence-electron chi connectivity index (χ4n) is 5.46. The molecule has 2 aliphatic carbocycles. The van der Waals surface area contributed by atoms with Gasteiger partial charge < -0.3 is 10.1 Å². The van der Waals surface area contributed by atoms with Gasteiger partial charge in [0.05, 0.1) is 5.57 Å². The normalized spacial score (nSPS) is 18.5. The van der Waals surface area contributed by atoms with Crippen LogP contribution in [0.4, 0.5) is 0 Å². The predicted molar refractivity (Wildman–Crippen MR) is 161 cm³/mol. The largest absolute Gasteiger partial charge is 0.504 e. The number of hydrogen-bond donors (Lipinski definition) is 2. The number of rotatable bonds is 7. The highest BCUT2D eigenvalue weighted by Gasteiger charge is 2.39. The van der Waals surface area contributed by atoms with Crippen LogP contribution >= 0.6 is 0 Å². The van der Waals surface area contributed by atoms with Crippen molar-refractivity contribution in [1.29, 1.82) is 0 Å². The van der Waals surface area contributed by atoms with E-state index in [1.807, 2.05) is 84.0 Å². The van der Waals surface area contributed by atoms with E-state index < -0.39 is 22.4 Å². The Balaban J connectivity index is 2.00. The second-order valence-corrected chi connectivity index (χ2v) is 11.9. The quantitative estimate of drug-likeness (QED) is 0.284. The summed E-state index contributed by atoms with van der Waals surface area (Å²) in [5.41, 5.74) is 5.85. The van der Waals surface area contributed by atoms with E-state index in [-0.39, 0.29) is 22.8 Å². The van der Waals surface area contributed by atoms with Crippen molar-refractivity contribution in [3.05, 3.63) is 112 Å². The first kappa shape index (κ1) is 28.1. The predicted octanol–water partition coefficient (Wildman–Crippen LogP) is 8.34. The minimum atomic E-state index is -0.557. The lowest BCUT2D eigenvalue weighted by atomic mass is 9.74. The first-order valence-electron chi connectivity index (χ1n) is 13.5. The number of aliphatic hydroxyl groups excluding tert-OH is 1. The second kappa shape index (κ2) is 10.00. The van der Waals surface area contributed by atoms with Gasteiger partial charge in [0.15, 0.2) is 11.5 Å². The molecule has 4 nitrogen and oxygen atoms in total. The fraction of sp³-hybridized carbons (Fsp3) is 0.314. The van der Waals surface area contributed by atoms with E-state index in [1.54, 1.807) is 0 Å².